The minimum absolute atomic E-state index is 0.133. The summed E-state index contributed by atoms with van der Waals surface area (Å²) < 4.78 is 0. The number of amides is 1. The molecule has 0 radical (unpaired) electrons. The summed E-state index contributed by atoms with van der Waals surface area (Å²) in [4.78, 5) is 11.4. The lowest BCUT2D eigenvalue weighted by molar-refractivity contribution is -0.114. The monoisotopic (exact) mass is 289 g/mol. The molecule has 22 heavy (non-hydrogen) atoms. The van der Waals surface area contributed by atoms with Crippen molar-refractivity contribution < 1.29 is 4.79 Å². The van der Waals surface area contributed by atoms with E-state index < -0.39 is 0 Å². The van der Waals surface area contributed by atoms with Gasteiger partial charge in [0.15, 0.2) is 0 Å². The molecule has 0 saturated carbocycles. The number of hydrogen-bond donors (Lipinski definition) is 1. The predicted molar refractivity (Wildman–Crippen MR) is 88.9 cm³/mol. The van der Waals surface area contributed by atoms with Crippen LogP contribution in [-0.4, -0.2) is 5.91 Å². The number of hydrogen-bond acceptors (Lipinski definition) is 3. The Morgan fingerprint density at radius 2 is 1.59 bits per heavy atom. The Bertz CT molecular complexity index is 841. The molecule has 4 nitrogen and oxygen atoms in total. The smallest absolute Gasteiger partial charge is 0.221 e. The molecule has 3 rings (SSSR count). The van der Waals surface area contributed by atoms with Crippen molar-refractivity contribution in [3.05, 3.63) is 66.7 Å². The highest BCUT2D eigenvalue weighted by atomic mass is 16.1. The highest BCUT2D eigenvalue weighted by Gasteiger charge is 2.08. The highest BCUT2D eigenvalue weighted by Crippen LogP contribution is 2.35. The Kier molecular flexibility index (Phi) is 3.92. The van der Waals surface area contributed by atoms with Gasteiger partial charge < -0.3 is 5.32 Å². The van der Waals surface area contributed by atoms with Gasteiger partial charge in [0, 0.05) is 12.3 Å². The fourth-order valence-corrected chi connectivity index (χ4v) is 2.26. The first-order chi connectivity index (χ1) is 10.7. The maximum atomic E-state index is 11.4. The van der Waals surface area contributed by atoms with Gasteiger partial charge in [-0.25, -0.2) is 0 Å². The summed E-state index contributed by atoms with van der Waals surface area (Å²) in [6, 6.07) is 21.2. The maximum Gasteiger partial charge on any atom is 0.221 e. The molecule has 3 aromatic rings. The Hall–Kier alpha value is -3.01. The highest BCUT2D eigenvalue weighted by molar-refractivity contribution is 6.02. The third-order valence-electron chi connectivity index (χ3n) is 3.23. The standard InChI is InChI=1S/C18H15N3O/c1-13(22)19-17-12-11-14-7-5-6-10-16(14)18(17)21-20-15-8-3-2-4-9-15/h2-12H,1H3,(H,19,22). The lowest BCUT2D eigenvalue weighted by Gasteiger charge is -2.09. The Labute approximate surface area is 128 Å². The van der Waals surface area contributed by atoms with Gasteiger partial charge in [-0.15, -0.1) is 5.11 Å². The maximum absolute atomic E-state index is 11.4. The van der Waals surface area contributed by atoms with E-state index in [0.29, 0.717) is 11.4 Å². The Morgan fingerprint density at radius 3 is 2.36 bits per heavy atom. The largest absolute Gasteiger partial charge is 0.324 e. The zero-order valence-electron chi connectivity index (χ0n) is 12.2. The number of fused-ring (bicyclic) bond motifs is 1. The van der Waals surface area contributed by atoms with Crippen LogP contribution in [0, 0.1) is 0 Å². The lowest BCUT2D eigenvalue weighted by Crippen LogP contribution is -2.05. The summed E-state index contributed by atoms with van der Waals surface area (Å²) in [7, 11) is 0. The van der Waals surface area contributed by atoms with Gasteiger partial charge in [-0.1, -0.05) is 48.5 Å². The van der Waals surface area contributed by atoms with Crippen molar-refractivity contribution in [3.8, 4) is 0 Å². The molecule has 0 aliphatic heterocycles. The molecule has 0 fully saturated rings. The zero-order chi connectivity index (χ0) is 15.4. The van der Waals surface area contributed by atoms with Crippen molar-refractivity contribution in [3.63, 3.8) is 0 Å². The summed E-state index contributed by atoms with van der Waals surface area (Å²) >= 11 is 0. The second-order valence-electron chi connectivity index (χ2n) is 4.90. The van der Waals surface area contributed by atoms with Crippen LogP contribution in [0.15, 0.2) is 77.0 Å². The first-order valence-electron chi connectivity index (χ1n) is 7.00. The van der Waals surface area contributed by atoms with E-state index in [0.717, 1.165) is 16.5 Å². The summed E-state index contributed by atoms with van der Waals surface area (Å²) in [5, 5.41) is 13.5. The number of anilines is 1. The Morgan fingerprint density at radius 1 is 0.864 bits per heavy atom. The number of nitrogens with zero attached hydrogens (tertiary/aromatic N) is 2. The molecule has 0 aromatic heterocycles. The van der Waals surface area contributed by atoms with Crippen molar-refractivity contribution in [2.75, 3.05) is 5.32 Å². The molecule has 4 heteroatoms. The van der Waals surface area contributed by atoms with E-state index in [9.17, 15) is 4.79 Å². The van der Waals surface area contributed by atoms with Crippen LogP contribution in [0.3, 0.4) is 0 Å². The summed E-state index contributed by atoms with van der Waals surface area (Å²) in [6.45, 7) is 1.48. The van der Waals surface area contributed by atoms with Gasteiger partial charge in [-0.3, -0.25) is 4.79 Å². The summed E-state index contributed by atoms with van der Waals surface area (Å²) in [5.74, 6) is -0.133. The van der Waals surface area contributed by atoms with Gasteiger partial charge in [0.1, 0.15) is 5.69 Å². The second kappa shape index (κ2) is 6.18. The van der Waals surface area contributed by atoms with Crippen LogP contribution in [-0.2, 0) is 4.79 Å². The van der Waals surface area contributed by atoms with E-state index in [1.54, 1.807) is 0 Å². The van der Waals surface area contributed by atoms with Crippen LogP contribution in [0.1, 0.15) is 6.92 Å². The van der Waals surface area contributed by atoms with Gasteiger partial charge in [-0.2, -0.15) is 5.11 Å². The van der Waals surface area contributed by atoms with Gasteiger partial charge in [0.25, 0.3) is 0 Å². The molecule has 0 spiro atoms. The van der Waals surface area contributed by atoms with Gasteiger partial charge in [0.05, 0.1) is 11.4 Å². The topological polar surface area (TPSA) is 53.8 Å². The molecule has 0 saturated heterocycles. The normalized spacial score (nSPS) is 11.0. The van der Waals surface area contributed by atoms with Crippen LogP contribution in [0.2, 0.25) is 0 Å². The molecule has 0 heterocycles. The van der Waals surface area contributed by atoms with E-state index in [4.69, 9.17) is 0 Å². The Balaban J connectivity index is 2.11. The molecule has 1 amide bonds. The number of azo groups is 1. The molecular weight excluding hydrogens is 274 g/mol. The average molecular weight is 289 g/mol. The lowest BCUT2D eigenvalue weighted by atomic mass is 10.1. The molecule has 0 bridgehead atoms. The molecule has 3 aromatic carbocycles. The van der Waals surface area contributed by atoms with Crippen molar-refractivity contribution in [1.29, 1.82) is 0 Å². The van der Waals surface area contributed by atoms with Crippen molar-refractivity contribution in [2.24, 2.45) is 10.2 Å². The molecule has 0 aliphatic carbocycles. The van der Waals surface area contributed by atoms with Crippen LogP contribution < -0.4 is 5.32 Å². The first kappa shape index (κ1) is 13.9. The fraction of sp³-hybridized carbons (Fsp3) is 0.0556. The quantitative estimate of drug-likeness (QED) is 0.661. The molecule has 1 N–H and O–H groups in total. The van der Waals surface area contributed by atoms with Gasteiger partial charge in [-0.05, 0) is 23.6 Å². The number of nitrogens with one attached hydrogen (secondary N) is 1. The summed E-state index contributed by atoms with van der Waals surface area (Å²) in [6.07, 6.45) is 0. The van der Waals surface area contributed by atoms with Crippen LogP contribution in [0.4, 0.5) is 17.1 Å². The number of rotatable bonds is 3. The van der Waals surface area contributed by atoms with Crippen molar-refractivity contribution in [2.45, 2.75) is 6.92 Å². The van der Waals surface area contributed by atoms with Crippen molar-refractivity contribution in [1.82, 2.24) is 0 Å². The minimum atomic E-state index is -0.133. The zero-order valence-corrected chi connectivity index (χ0v) is 12.2. The number of carbonyl (C=O) groups is 1. The molecule has 0 atom stereocenters. The second-order valence-corrected chi connectivity index (χ2v) is 4.90. The third-order valence-corrected chi connectivity index (χ3v) is 3.23. The van der Waals surface area contributed by atoms with Crippen molar-refractivity contribution >= 4 is 33.7 Å². The van der Waals surface area contributed by atoms with Crippen LogP contribution in [0.25, 0.3) is 10.8 Å². The van der Waals surface area contributed by atoms with Crippen LogP contribution >= 0.6 is 0 Å². The molecule has 0 aliphatic rings. The number of carbonyl (C=O) groups excluding carboxylic acids is 1. The van der Waals surface area contributed by atoms with E-state index in [1.165, 1.54) is 6.92 Å². The van der Waals surface area contributed by atoms with E-state index in [2.05, 4.69) is 15.5 Å². The van der Waals surface area contributed by atoms with E-state index in [-0.39, 0.29) is 5.91 Å². The van der Waals surface area contributed by atoms with E-state index in [1.807, 2.05) is 66.7 Å². The average Bonchev–Trinajstić information content (AvgIpc) is 2.54. The predicted octanol–water partition coefficient (Wildman–Crippen LogP) is 5.21. The number of benzene rings is 3. The fourth-order valence-electron chi connectivity index (χ4n) is 2.26. The molecular formula is C18H15N3O. The molecule has 0 unspecified atom stereocenters. The summed E-state index contributed by atoms with van der Waals surface area (Å²) in [5.41, 5.74) is 2.09. The first-order valence-corrected chi connectivity index (χ1v) is 7.00. The third kappa shape index (κ3) is 3.01. The van der Waals surface area contributed by atoms with E-state index >= 15 is 0 Å². The SMILES string of the molecule is CC(=O)Nc1ccc2ccccc2c1N=Nc1ccccc1. The minimum Gasteiger partial charge on any atom is -0.324 e. The van der Waals surface area contributed by atoms with Gasteiger partial charge in [0.2, 0.25) is 5.91 Å². The van der Waals surface area contributed by atoms with Gasteiger partial charge >= 0.3 is 0 Å². The van der Waals surface area contributed by atoms with Crippen LogP contribution in [0.5, 0.6) is 0 Å². The molecule has 108 valence electrons.